The second kappa shape index (κ2) is 6.25. The lowest BCUT2D eigenvalue weighted by Gasteiger charge is -2.23. The van der Waals surface area contributed by atoms with Crippen molar-refractivity contribution in [3.8, 4) is 0 Å². The number of carbonyl (C=O) groups excluding carboxylic acids is 1. The summed E-state index contributed by atoms with van der Waals surface area (Å²) in [5.74, 6) is -0.103. The summed E-state index contributed by atoms with van der Waals surface area (Å²) in [4.78, 5) is 17.1. The molecule has 23 heavy (non-hydrogen) atoms. The number of nitrogens with one attached hydrogen (secondary N) is 1. The van der Waals surface area contributed by atoms with Crippen LogP contribution in [0, 0.1) is 0 Å². The molecule has 1 aliphatic rings. The number of halogens is 3. The summed E-state index contributed by atoms with van der Waals surface area (Å²) in [7, 11) is 0. The number of anilines is 1. The van der Waals surface area contributed by atoms with Gasteiger partial charge in [0.15, 0.2) is 0 Å². The van der Waals surface area contributed by atoms with Crippen LogP contribution in [0.5, 0.6) is 0 Å². The quantitative estimate of drug-likeness (QED) is 0.904. The molecule has 0 aliphatic carbocycles. The van der Waals surface area contributed by atoms with E-state index in [1.165, 1.54) is 17.2 Å². The molecule has 1 N–H and O–H groups in total. The van der Waals surface area contributed by atoms with Gasteiger partial charge in [0.2, 0.25) is 0 Å². The van der Waals surface area contributed by atoms with E-state index in [0.717, 1.165) is 6.07 Å². The zero-order valence-corrected chi connectivity index (χ0v) is 13.3. The van der Waals surface area contributed by atoms with Crippen LogP contribution in [0.2, 0.25) is 0 Å². The molecule has 0 spiro atoms. The maximum Gasteiger partial charge on any atom is 0.419 e. The van der Waals surface area contributed by atoms with Crippen LogP contribution in [0.4, 0.5) is 23.8 Å². The van der Waals surface area contributed by atoms with Crippen molar-refractivity contribution in [3.63, 3.8) is 0 Å². The molecule has 1 atom stereocenters. The van der Waals surface area contributed by atoms with E-state index in [0.29, 0.717) is 13.0 Å². The van der Waals surface area contributed by atoms with Gasteiger partial charge in [-0.05, 0) is 39.3 Å². The third-order valence-electron chi connectivity index (χ3n) is 3.30. The first kappa shape index (κ1) is 17.4. The summed E-state index contributed by atoms with van der Waals surface area (Å²) in [6.07, 6.45) is -3.16. The number of ether oxygens (including phenoxy) is 1. The van der Waals surface area contributed by atoms with Crippen molar-refractivity contribution in [1.29, 1.82) is 0 Å². The Hall–Kier alpha value is -1.99. The molecule has 2 rings (SSSR count). The molecular weight excluding hydrogens is 311 g/mol. The molecule has 1 amide bonds. The molecule has 1 unspecified atom stereocenters. The topological polar surface area (TPSA) is 54.5 Å². The molecule has 0 aromatic carbocycles. The summed E-state index contributed by atoms with van der Waals surface area (Å²) in [5, 5.41) is 2.68. The number of nitrogens with zero attached hydrogens (tertiary/aromatic N) is 2. The highest BCUT2D eigenvalue weighted by Crippen LogP contribution is 2.36. The minimum Gasteiger partial charge on any atom is -0.444 e. The highest BCUT2D eigenvalue weighted by atomic mass is 19.4. The minimum atomic E-state index is -4.46. The zero-order chi connectivity index (χ0) is 17.3. The van der Waals surface area contributed by atoms with Crippen molar-refractivity contribution in [2.75, 3.05) is 18.0 Å². The van der Waals surface area contributed by atoms with E-state index >= 15 is 0 Å². The number of alkyl carbamates (subject to hydrolysis) is 1. The van der Waals surface area contributed by atoms with E-state index in [1.54, 1.807) is 20.8 Å². The standard InChI is InChI=1S/C15H20F3N3O2/c1-14(2,3)23-13(22)20-10-6-8-21(9-10)12-11(15(16,17)18)5-4-7-19-12/h4-5,7,10H,6,8-9H2,1-3H3,(H,20,22). The number of rotatable bonds is 2. The van der Waals surface area contributed by atoms with Crippen molar-refractivity contribution in [3.05, 3.63) is 23.9 Å². The van der Waals surface area contributed by atoms with Crippen LogP contribution >= 0.6 is 0 Å². The molecule has 0 radical (unpaired) electrons. The second-order valence-corrected chi connectivity index (χ2v) is 6.45. The number of carbonyl (C=O) groups is 1. The van der Waals surface area contributed by atoms with Crippen LogP contribution in [-0.2, 0) is 10.9 Å². The number of pyridine rings is 1. The van der Waals surface area contributed by atoms with E-state index in [4.69, 9.17) is 4.74 Å². The lowest BCUT2D eigenvalue weighted by molar-refractivity contribution is -0.137. The fourth-order valence-corrected chi connectivity index (χ4v) is 2.41. The van der Waals surface area contributed by atoms with Crippen LogP contribution in [0.1, 0.15) is 32.8 Å². The Balaban J connectivity index is 2.03. The predicted octanol–water partition coefficient (Wildman–Crippen LogP) is 3.20. The van der Waals surface area contributed by atoms with E-state index in [1.807, 2.05) is 0 Å². The first-order valence-electron chi connectivity index (χ1n) is 7.33. The normalized spacial score (nSPS) is 18.9. The van der Waals surface area contributed by atoms with Gasteiger partial charge in [-0.1, -0.05) is 0 Å². The van der Waals surface area contributed by atoms with Crippen LogP contribution in [0.3, 0.4) is 0 Å². The van der Waals surface area contributed by atoms with Gasteiger partial charge in [0.05, 0.1) is 11.6 Å². The summed E-state index contributed by atoms with van der Waals surface area (Å²) in [5.41, 5.74) is -1.38. The minimum absolute atomic E-state index is 0.103. The summed E-state index contributed by atoms with van der Waals surface area (Å²) >= 11 is 0. The van der Waals surface area contributed by atoms with Crippen LogP contribution in [-0.4, -0.2) is 35.8 Å². The van der Waals surface area contributed by atoms with Gasteiger partial charge in [-0.2, -0.15) is 13.2 Å². The van der Waals surface area contributed by atoms with Crippen molar-refractivity contribution < 1.29 is 22.7 Å². The fraction of sp³-hybridized carbons (Fsp3) is 0.600. The van der Waals surface area contributed by atoms with Crippen molar-refractivity contribution in [2.24, 2.45) is 0 Å². The number of alkyl halides is 3. The highest BCUT2D eigenvalue weighted by Gasteiger charge is 2.37. The molecule has 0 bridgehead atoms. The molecule has 5 nitrogen and oxygen atoms in total. The Morgan fingerprint density at radius 1 is 1.39 bits per heavy atom. The number of aromatic nitrogens is 1. The molecule has 128 valence electrons. The SMILES string of the molecule is CC(C)(C)OC(=O)NC1CCN(c2ncccc2C(F)(F)F)C1. The molecule has 1 aromatic heterocycles. The van der Waals surface area contributed by atoms with Crippen LogP contribution < -0.4 is 10.2 Å². The number of hydrogen-bond acceptors (Lipinski definition) is 4. The average Bonchev–Trinajstić information content (AvgIpc) is 2.83. The Morgan fingerprint density at radius 3 is 2.70 bits per heavy atom. The maximum atomic E-state index is 13.0. The van der Waals surface area contributed by atoms with E-state index < -0.39 is 23.4 Å². The van der Waals surface area contributed by atoms with Gasteiger partial charge in [0.1, 0.15) is 11.4 Å². The molecule has 2 heterocycles. The highest BCUT2D eigenvalue weighted by molar-refractivity contribution is 5.68. The van der Waals surface area contributed by atoms with Gasteiger partial charge in [-0.25, -0.2) is 9.78 Å². The Labute approximate surface area is 132 Å². The maximum absolute atomic E-state index is 13.0. The fourth-order valence-electron chi connectivity index (χ4n) is 2.41. The molecule has 8 heteroatoms. The molecular formula is C15H20F3N3O2. The molecule has 1 fully saturated rings. The van der Waals surface area contributed by atoms with Gasteiger partial charge < -0.3 is 15.0 Å². The lowest BCUT2D eigenvalue weighted by Crippen LogP contribution is -2.40. The number of amides is 1. The third-order valence-corrected chi connectivity index (χ3v) is 3.30. The predicted molar refractivity (Wildman–Crippen MR) is 79.2 cm³/mol. The first-order chi connectivity index (χ1) is 10.6. The molecule has 1 saturated heterocycles. The second-order valence-electron chi connectivity index (χ2n) is 6.45. The Kier molecular flexibility index (Phi) is 4.72. The molecule has 1 aliphatic heterocycles. The lowest BCUT2D eigenvalue weighted by atomic mass is 10.2. The monoisotopic (exact) mass is 331 g/mol. The average molecular weight is 331 g/mol. The van der Waals surface area contributed by atoms with E-state index in [9.17, 15) is 18.0 Å². The largest absolute Gasteiger partial charge is 0.444 e. The zero-order valence-electron chi connectivity index (χ0n) is 13.3. The Morgan fingerprint density at radius 2 is 2.09 bits per heavy atom. The third kappa shape index (κ3) is 4.74. The van der Waals surface area contributed by atoms with E-state index in [-0.39, 0.29) is 18.4 Å². The van der Waals surface area contributed by atoms with Gasteiger partial charge in [-0.3, -0.25) is 0 Å². The van der Waals surface area contributed by atoms with Crippen molar-refractivity contribution in [1.82, 2.24) is 10.3 Å². The first-order valence-corrected chi connectivity index (χ1v) is 7.33. The number of hydrogen-bond donors (Lipinski definition) is 1. The summed E-state index contributed by atoms with van der Waals surface area (Å²) < 4.78 is 44.3. The van der Waals surface area contributed by atoms with Gasteiger partial charge in [0.25, 0.3) is 0 Å². The van der Waals surface area contributed by atoms with Gasteiger partial charge >= 0.3 is 12.3 Å². The van der Waals surface area contributed by atoms with Gasteiger partial charge in [0, 0.05) is 19.3 Å². The summed E-state index contributed by atoms with van der Waals surface area (Å²) in [6.45, 7) is 5.89. The van der Waals surface area contributed by atoms with Crippen LogP contribution in [0.25, 0.3) is 0 Å². The molecule has 0 saturated carbocycles. The molecule has 1 aromatic rings. The van der Waals surface area contributed by atoms with Gasteiger partial charge in [-0.15, -0.1) is 0 Å². The van der Waals surface area contributed by atoms with Crippen molar-refractivity contribution >= 4 is 11.9 Å². The van der Waals surface area contributed by atoms with Crippen LogP contribution in [0.15, 0.2) is 18.3 Å². The van der Waals surface area contributed by atoms with E-state index in [2.05, 4.69) is 10.3 Å². The van der Waals surface area contributed by atoms with Crippen molar-refractivity contribution in [2.45, 2.75) is 45.0 Å². The smallest absolute Gasteiger partial charge is 0.419 e. The Bertz CT molecular complexity index is 570. The summed E-state index contributed by atoms with van der Waals surface area (Å²) in [6, 6.07) is 2.00.